The molecule has 132 valence electrons. The normalized spacial score (nSPS) is 12.9. The first kappa shape index (κ1) is 18.6. The molecule has 0 bridgehead atoms. The van der Waals surface area contributed by atoms with Crippen molar-refractivity contribution in [3.63, 3.8) is 0 Å². The van der Waals surface area contributed by atoms with Crippen LogP contribution in [0.25, 0.3) is 0 Å². The zero-order valence-corrected chi connectivity index (χ0v) is 14.8. The van der Waals surface area contributed by atoms with Gasteiger partial charge in [-0.1, -0.05) is 49.3 Å². The van der Waals surface area contributed by atoms with E-state index in [9.17, 15) is 0 Å². The fourth-order valence-electron chi connectivity index (χ4n) is 2.34. The van der Waals surface area contributed by atoms with Gasteiger partial charge in [0.15, 0.2) is 5.82 Å². The molecule has 0 saturated heterocycles. The van der Waals surface area contributed by atoms with Crippen LogP contribution in [0.5, 0.6) is 0 Å². The lowest BCUT2D eigenvalue weighted by atomic mass is 10.2. The first-order valence-corrected chi connectivity index (χ1v) is 8.49. The summed E-state index contributed by atoms with van der Waals surface area (Å²) in [4.78, 5) is 6.67. The van der Waals surface area contributed by atoms with E-state index in [2.05, 4.69) is 41.0 Å². The van der Waals surface area contributed by atoms with Crippen molar-refractivity contribution in [1.29, 1.82) is 0 Å². The van der Waals surface area contributed by atoms with Crippen LogP contribution in [-0.4, -0.2) is 34.7 Å². The highest BCUT2D eigenvalue weighted by Gasteiger charge is 2.17. The summed E-state index contributed by atoms with van der Waals surface area (Å²) >= 11 is 0. The Kier molecular flexibility index (Phi) is 7.36. The first-order valence-electron chi connectivity index (χ1n) is 8.49. The van der Waals surface area contributed by atoms with E-state index >= 15 is 0 Å². The lowest BCUT2D eigenvalue weighted by Gasteiger charge is -2.19. The van der Waals surface area contributed by atoms with E-state index in [1.54, 1.807) is 0 Å². The van der Waals surface area contributed by atoms with Gasteiger partial charge in [-0.25, -0.2) is 0 Å². The Bertz CT molecular complexity index is 586. The van der Waals surface area contributed by atoms with Gasteiger partial charge in [0.1, 0.15) is 6.10 Å². The van der Waals surface area contributed by atoms with Gasteiger partial charge in [0.05, 0.1) is 6.54 Å². The lowest BCUT2D eigenvalue weighted by Crippen LogP contribution is -2.28. The molecule has 1 heterocycles. The van der Waals surface area contributed by atoms with Crippen molar-refractivity contribution in [1.82, 2.24) is 15.0 Å². The number of nitrogens with zero attached hydrogens (tertiary/aromatic N) is 3. The highest BCUT2D eigenvalue weighted by atomic mass is 16.5. The topological polar surface area (TPSA) is 77.4 Å². The summed E-state index contributed by atoms with van der Waals surface area (Å²) in [5.41, 5.74) is 6.97. The molecule has 24 heavy (non-hydrogen) atoms. The van der Waals surface area contributed by atoms with Gasteiger partial charge in [-0.3, -0.25) is 4.90 Å². The lowest BCUT2D eigenvalue weighted by molar-refractivity contribution is 0.0402. The van der Waals surface area contributed by atoms with Crippen LogP contribution in [0.1, 0.15) is 44.2 Å². The van der Waals surface area contributed by atoms with Gasteiger partial charge in [0.2, 0.25) is 5.89 Å². The molecule has 0 amide bonds. The van der Waals surface area contributed by atoms with E-state index in [1.165, 1.54) is 5.56 Å². The van der Waals surface area contributed by atoms with Crippen LogP contribution in [0.4, 0.5) is 0 Å². The van der Waals surface area contributed by atoms with Crippen molar-refractivity contribution >= 4 is 0 Å². The molecular formula is C18H28N4O2. The summed E-state index contributed by atoms with van der Waals surface area (Å²) in [7, 11) is 0. The molecule has 0 aliphatic rings. The fourth-order valence-corrected chi connectivity index (χ4v) is 2.34. The van der Waals surface area contributed by atoms with Gasteiger partial charge in [-0.2, -0.15) is 4.98 Å². The van der Waals surface area contributed by atoms with Crippen LogP contribution in [0.3, 0.4) is 0 Å². The SMILES string of the molecule is CC(C)COC(C)c1noc(CN(CCN)Cc2ccccc2)n1. The summed E-state index contributed by atoms with van der Waals surface area (Å²) in [6.45, 7) is 9.58. The standard InChI is InChI=1S/C18H28N4O2/c1-14(2)13-23-15(3)18-20-17(24-21-18)12-22(10-9-19)11-16-7-5-4-6-8-16/h4-8,14-15H,9-13,19H2,1-3H3. The first-order chi connectivity index (χ1) is 11.6. The predicted octanol–water partition coefficient (Wildman–Crippen LogP) is 2.76. The highest BCUT2D eigenvalue weighted by Crippen LogP contribution is 2.16. The number of nitrogens with two attached hydrogens (primary N) is 1. The number of hydrogen-bond donors (Lipinski definition) is 1. The summed E-state index contributed by atoms with van der Waals surface area (Å²) in [6.07, 6.45) is -0.165. The molecule has 0 aliphatic carbocycles. The predicted molar refractivity (Wildman–Crippen MR) is 93.1 cm³/mol. The molecule has 6 nitrogen and oxygen atoms in total. The number of ether oxygens (including phenoxy) is 1. The van der Waals surface area contributed by atoms with Crippen LogP contribution in [0.2, 0.25) is 0 Å². The van der Waals surface area contributed by atoms with Gasteiger partial charge in [0, 0.05) is 26.2 Å². The van der Waals surface area contributed by atoms with Gasteiger partial charge in [-0.15, -0.1) is 0 Å². The minimum Gasteiger partial charge on any atom is -0.370 e. The Morgan fingerprint density at radius 2 is 1.92 bits per heavy atom. The Morgan fingerprint density at radius 3 is 2.58 bits per heavy atom. The molecule has 0 saturated carbocycles. The third-order valence-electron chi connectivity index (χ3n) is 3.58. The Labute approximate surface area is 144 Å². The van der Waals surface area contributed by atoms with E-state index in [4.69, 9.17) is 15.0 Å². The minimum absolute atomic E-state index is 0.165. The quantitative estimate of drug-likeness (QED) is 0.721. The molecule has 0 spiro atoms. The van der Waals surface area contributed by atoms with Crippen LogP contribution in [0.15, 0.2) is 34.9 Å². The number of rotatable bonds is 10. The monoisotopic (exact) mass is 332 g/mol. The van der Waals surface area contributed by atoms with E-state index in [1.807, 2.05) is 25.1 Å². The molecule has 1 aromatic heterocycles. The smallest absolute Gasteiger partial charge is 0.240 e. The van der Waals surface area contributed by atoms with Crippen LogP contribution >= 0.6 is 0 Å². The largest absolute Gasteiger partial charge is 0.370 e. The minimum atomic E-state index is -0.165. The summed E-state index contributed by atoms with van der Waals surface area (Å²) < 4.78 is 11.1. The summed E-state index contributed by atoms with van der Waals surface area (Å²) in [5, 5.41) is 4.05. The third kappa shape index (κ3) is 6.03. The number of aromatic nitrogens is 2. The van der Waals surface area contributed by atoms with Crippen molar-refractivity contribution < 1.29 is 9.26 Å². The fraction of sp³-hybridized carbons (Fsp3) is 0.556. The molecule has 2 N–H and O–H groups in total. The van der Waals surface area contributed by atoms with Gasteiger partial charge >= 0.3 is 0 Å². The molecule has 1 aromatic carbocycles. The maximum atomic E-state index is 5.73. The van der Waals surface area contributed by atoms with Crippen molar-refractivity contribution in [2.75, 3.05) is 19.7 Å². The summed E-state index contributed by atoms with van der Waals surface area (Å²) in [5.74, 6) is 1.66. The average molecular weight is 332 g/mol. The van der Waals surface area contributed by atoms with Gasteiger partial charge < -0.3 is 15.0 Å². The van der Waals surface area contributed by atoms with E-state index < -0.39 is 0 Å². The average Bonchev–Trinajstić information content (AvgIpc) is 3.02. The van der Waals surface area contributed by atoms with Crippen LogP contribution < -0.4 is 5.73 Å². The van der Waals surface area contributed by atoms with Crippen molar-refractivity contribution in [3.05, 3.63) is 47.6 Å². The Morgan fingerprint density at radius 1 is 1.17 bits per heavy atom. The Balaban J connectivity index is 1.94. The molecule has 1 atom stereocenters. The molecule has 2 aromatic rings. The van der Waals surface area contributed by atoms with E-state index in [0.717, 1.165) is 13.1 Å². The third-order valence-corrected chi connectivity index (χ3v) is 3.58. The second-order valence-corrected chi connectivity index (χ2v) is 6.40. The highest BCUT2D eigenvalue weighted by molar-refractivity contribution is 5.14. The number of benzene rings is 1. The van der Waals surface area contributed by atoms with Crippen molar-refractivity contribution in [3.8, 4) is 0 Å². The molecule has 6 heteroatoms. The maximum absolute atomic E-state index is 5.73. The molecule has 0 aliphatic heterocycles. The van der Waals surface area contributed by atoms with Gasteiger partial charge in [-0.05, 0) is 18.4 Å². The number of hydrogen-bond acceptors (Lipinski definition) is 6. The van der Waals surface area contributed by atoms with Gasteiger partial charge in [0.25, 0.3) is 0 Å². The zero-order valence-electron chi connectivity index (χ0n) is 14.8. The second kappa shape index (κ2) is 9.52. The van der Waals surface area contributed by atoms with Crippen molar-refractivity contribution in [2.24, 2.45) is 11.7 Å². The van der Waals surface area contributed by atoms with E-state index in [0.29, 0.717) is 37.3 Å². The van der Waals surface area contributed by atoms with Crippen molar-refractivity contribution in [2.45, 2.75) is 40.0 Å². The zero-order chi connectivity index (χ0) is 17.4. The molecule has 2 rings (SSSR count). The molecule has 0 radical (unpaired) electrons. The summed E-state index contributed by atoms with van der Waals surface area (Å²) in [6, 6.07) is 10.3. The second-order valence-electron chi connectivity index (χ2n) is 6.40. The molecule has 1 unspecified atom stereocenters. The van der Waals surface area contributed by atoms with Crippen LogP contribution in [-0.2, 0) is 17.8 Å². The van der Waals surface area contributed by atoms with Crippen LogP contribution in [0, 0.1) is 5.92 Å². The molecule has 0 fully saturated rings. The maximum Gasteiger partial charge on any atom is 0.240 e. The van der Waals surface area contributed by atoms with E-state index in [-0.39, 0.29) is 6.10 Å². The molecular weight excluding hydrogens is 304 g/mol. The Hall–Kier alpha value is -1.76.